The molecule has 3 heteroatoms. The summed E-state index contributed by atoms with van der Waals surface area (Å²) in [6.07, 6.45) is 0. The highest BCUT2D eigenvalue weighted by Crippen LogP contribution is 2.41. The third-order valence-electron chi connectivity index (χ3n) is 1.19. The summed E-state index contributed by atoms with van der Waals surface area (Å²) < 4.78 is 10.5. The Balaban J connectivity index is 2.35. The Hall–Kier alpha value is 0.350. The van der Waals surface area contributed by atoms with Gasteiger partial charge in [0.25, 0.3) is 0 Å². The van der Waals surface area contributed by atoms with Crippen molar-refractivity contribution < 1.29 is 9.05 Å². The van der Waals surface area contributed by atoms with Gasteiger partial charge in [-0.25, -0.2) is 0 Å². The second-order valence-electron chi connectivity index (χ2n) is 2.80. The topological polar surface area (TPSA) is 18.5 Å². The molecule has 0 saturated carbocycles. The van der Waals surface area contributed by atoms with Crippen molar-refractivity contribution in [2.24, 2.45) is 5.41 Å². The molecule has 0 N–H and O–H groups in total. The predicted molar refractivity (Wildman–Crippen MR) is 38.2 cm³/mol. The summed E-state index contributed by atoms with van der Waals surface area (Å²) in [6, 6.07) is 0. The summed E-state index contributed by atoms with van der Waals surface area (Å²) in [5, 5.41) is 0. The fraction of sp³-hybridized carbons (Fsp3) is 0.833. The van der Waals surface area contributed by atoms with Gasteiger partial charge in [0.1, 0.15) is 0 Å². The van der Waals surface area contributed by atoms with E-state index in [1.165, 1.54) is 0 Å². The zero-order chi connectivity index (χ0) is 6.91. The highest BCUT2D eigenvalue weighted by Gasteiger charge is 2.26. The average Bonchev–Trinajstić information content (AvgIpc) is 1.78. The Morgan fingerprint density at radius 3 is 2.22 bits per heavy atom. The van der Waals surface area contributed by atoms with E-state index in [1.54, 1.807) is 0 Å². The van der Waals surface area contributed by atoms with E-state index < -0.39 is 8.38 Å². The lowest BCUT2D eigenvalue weighted by Gasteiger charge is -2.31. The summed E-state index contributed by atoms with van der Waals surface area (Å²) in [5.41, 5.74) is -0.0190. The molecule has 0 bridgehead atoms. The second-order valence-corrected chi connectivity index (χ2v) is 4.19. The lowest BCUT2D eigenvalue weighted by atomic mass is 9.97. The zero-order valence-corrected chi connectivity index (χ0v) is 6.78. The van der Waals surface area contributed by atoms with Gasteiger partial charge in [0, 0.05) is 12.1 Å². The Morgan fingerprint density at radius 1 is 1.44 bits per heavy atom. The average molecular weight is 147 g/mol. The van der Waals surface area contributed by atoms with E-state index in [0.717, 1.165) is 13.2 Å². The van der Waals surface area contributed by atoms with Crippen molar-refractivity contribution in [3.63, 3.8) is 0 Å². The maximum atomic E-state index is 5.27. The summed E-state index contributed by atoms with van der Waals surface area (Å²) in [6.45, 7) is 9.39. The summed E-state index contributed by atoms with van der Waals surface area (Å²) in [5.74, 6) is 0. The van der Waals surface area contributed by atoms with E-state index >= 15 is 0 Å². The standard InChI is InChI=1S/C6H12O2P/c1-6(2)4-7-9(3)8-5-6/h1,4-5H2,2-3H3. The largest absolute Gasteiger partial charge is 0.334 e. The van der Waals surface area contributed by atoms with Gasteiger partial charge in [-0.15, -0.1) is 0 Å². The van der Waals surface area contributed by atoms with Gasteiger partial charge in [-0.1, -0.05) is 6.92 Å². The van der Waals surface area contributed by atoms with Gasteiger partial charge in [-0.3, -0.25) is 0 Å². The highest BCUT2D eigenvalue weighted by molar-refractivity contribution is 7.46. The Kier molecular flexibility index (Phi) is 2.10. The predicted octanol–water partition coefficient (Wildman–Crippen LogP) is 1.82. The van der Waals surface area contributed by atoms with Crippen LogP contribution in [-0.4, -0.2) is 19.9 Å². The maximum absolute atomic E-state index is 5.27. The van der Waals surface area contributed by atoms with Crippen molar-refractivity contribution in [1.29, 1.82) is 0 Å². The van der Waals surface area contributed by atoms with Gasteiger partial charge in [-0.2, -0.15) is 0 Å². The van der Waals surface area contributed by atoms with Crippen LogP contribution in [0.4, 0.5) is 0 Å². The molecule has 1 radical (unpaired) electrons. The highest BCUT2D eigenvalue weighted by atomic mass is 31.2. The van der Waals surface area contributed by atoms with E-state index in [0.29, 0.717) is 0 Å². The lowest BCUT2D eigenvalue weighted by Crippen LogP contribution is -2.28. The molecule has 0 aromatic rings. The van der Waals surface area contributed by atoms with Crippen LogP contribution in [0, 0.1) is 12.3 Å². The minimum absolute atomic E-state index is 0.0190. The van der Waals surface area contributed by atoms with Crippen LogP contribution in [0.25, 0.3) is 0 Å². The van der Waals surface area contributed by atoms with Gasteiger partial charge in [0.2, 0.25) is 0 Å². The van der Waals surface area contributed by atoms with Crippen LogP contribution in [0.5, 0.6) is 0 Å². The van der Waals surface area contributed by atoms with Gasteiger partial charge < -0.3 is 9.05 Å². The zero-order valence-electron chi connectivity index (χ0n) is 5.89. The van der Waals surface area contributed by atoms with Gasteiger partial charge in [0.05, 0.1) is 13.2 Å². The molecule has 0 aliphatic carbocycles. The molecular formula is C6H12O2P. The fourth-order valence-electron chi connectivity index (χ4n) is 0.572. The molecule has 0 atom stereocenters. The van der Waals surface area contributed by atoms with Crippen LogP contribution >= 0.6 is 8.38 Å². The molecule has 2 nitrogen and oxygen atoms in total. The first-order chi connectivity index (χ1) is 4.10. The molecule has 1 heterocycles. The van der Waals surface area contributed by atoms with Gasteiger partial charge in [-0.05, 0) is 6.92 Å². The SMILES string of the molecule is [CH2]C1(C)COP(C)OC1. The van der Waals surface area contributed by atoms with Crippen molar-refractivity contribution >= 4 is 8.38 Å². The molecule has 1 fully saturated rings. The van der Waals surface area contributed by atoms with Crippen molar-refractivity contribution in [3.05, 3.63) is 6.92 Å². The summed E-state index contributed by atoms with van der Waals surface area (Å²) in [7, 11) is -0.590. The molecule has 1 aliphatic heterocycles. The maximum Gasteiger partial charge on any atom is 0.167 e. The first-order valence-corrected chi connectivity index (χ1v) is 4.58. The van der Waals surface area contributed by atoms with Crippen molar-refractivity contribution in [2.45, 2.75) is 6.92 Å². The molecule has 0 aromatic carbocycles. The molecule has 9 heavy (non-hydrogen) atoms. The minimum Gasteiger partial charge on any atom is -0.334 e. The van der Waals surface area contributed by atoms with Crippen LogP contribution in [0.3, 0.4) is 0 Å². The van der Waals surface area contributed by atoms with E-state index in [2.05, 4.69) is 6.92 Å². The van der Waals surface area contributed by atoms with Crippen molar-refractivity contribution in [1.82, 2.24) is 0 Å². The Bertz CT molecular complexity index is 93.2. The van der Waals surface area contributed by atoms with Gasteiger partial charge >= 0.3 is 0 Å². The second kappa shape index (κ2) is 2.53. The van der Waals surface area contributed by atoms with Crippen LogP contribution < -0.4 is 0 Å². The van der Waals surface area contributed by atoms with Crippen LogP contribution in [-0.2, 0) is 9.05 Å². The normalized spacial score (nSPS) is 28.3. The summed E-state index contributed by atoms with van der Waals surface area (Å²) >= 11 is 0. The van der Waals surface area contributed by atoms with E-state index in [4.69, 9.17) is 9.05 Å². The first kappa shape index (κ1) is 7.46. The molecular weight excluding hydrogens is 135 g/mol. The fourth-order valence-corrected chi connectivity index (χ4v) is 1.63. The lowest BCUT2D eigenvalue weighted by molar-refractivity contribution is 0.0820. The number of hydrogen-bond acceptors (Lipinski definition) is 2. The van der Waals surface area contributed by atoms with Crippen molar-refractivity contribution in [2.75, 3.05) is 19.9 Å². The third kappa shape index (κ3) is 2.21. The molecule has 53 valence electrons. The minimum atomic E-state index is -0.590. The molecule has 0 unspecified atom stereocenters. The third-order valence-corrected chi connectivity index (χ3v) is 2.18. The van der Waals surface area contributed by atoms with Crippen LogP contribution in [0.2, 0.25) is 0 Å². The summed E-state index contributed by atoms with van der Waals surface area (Å²) in [4.78, 5) is 0. The van der Waals surface area contributed by atoms with E-state index in [1.807, 2.05) is 13.6 Å². The van der Waals surface area contributed by atoms with Crippen molar-refractivity contribution in [3.8, 4) is 0 Å². The van der Waals surface area contributed by atoms with Gasteiger partial charge in [0.15, 0.2) is 8.38 Å². The van der Waals surface area contributed by atoms with E-state index in [-0.39, 0.29) is 5.41 Å². The quantitative estimate of drug-likeness (QED) is 0.486. The molecule has 0 amide bonds. The molecule has 0 spiro atoms. The van der Waals surface area contributed by atoms with Crippen LogP contribution in [0.1, 0.15) is 6.92 Å². The van der Waals surface area contributed by atoms with E-state index in [9.17, 15) is 0 Å². The molecule has 1 saturated heterocycles. The molecule has 1 rings (SSSR count). The number of hydrogen-bond donors (Lipinski definition) is 0. The first-order valence-electron chi connectivity index (χ1n) is 2.95. The molecule has 0 aromatic heterocycles. The van der Waals surface area contributed by atoms with Crippen LogP contribution in [0.15, 0.2) is 0 Å². The number of rotatable bonds is 0. The smallest absolute Gasteiger partial charge is 0.167 e. The Morgan fingerprint density at radius 2 is 1.89 bits per heavy atom. The monoisotopic (exact) mass is 147 g/mol. The Labute approximate surface area is 57.5 Å². The molecule has 1 aliphatic rings.